The van der Waals surface area contributed by atoms with E-state index in [2.05, 4.69) is 4.98 Å². The fraction of sp³-hybridized carbons (Fsp3) is 0.318. The predicted molar refractivity (Wildman–Crippen MR) is 111 cm³/mol. The molecule has 1 aliphatic heterocycles. The Kier molecular flexibility index (Phi) is 6.97. The van der Waals surface area contributed by atoms with Crippen LogP contribution in [0.4, 0.5) is 13.2 Å². The second-order valence-corrected chi connectivity index (χ2v) is 7.55. The highest BCUT2D eigenvalue weighted by Crippen LogP contribution is 2.38. The number of ether oxygens (including phenoxy) is 2. The number of benzene rings is 1. The number of amides is 2. The van der Waals surface area contributed by atoms with Crippen LogP contribution in [0.15, 0.2) is 36.5 Å². The maximum absolute atomic E-state index is 13.2. The maximum atomic E-state index is 13.2. The molecule has 0 N–H and O–H groups in total. The lowest BCUT2D eigenvalue weighted by Crippen LogP contribution is -2.55. The lowest BCUT2D eigenvalue weighted by atomic mass is 9.82. The van der Waals surface area contributed by atoms with Crippen molar-refractivity contribution in [2.24, 2.45) is 0 Å². The first-order chi connectivity index (χ1) is 16.0. The summed E-state index contributed by atoms with van der Waals surface area (Å²) < 4.78 is 49.5. The Labute approximate surface area is 196 Å². The molecule has 3 rings (SSSR count). The number of carbonyl (C=O) groups is 4. The van der Waals surface area contributed by atoms with E-state index in [1.165, 1.54) is 38.1 Å². The summed E-state index contributed by atoms with van der Waals surface area (Å²) in [4.78, 5) is 56.6. The first-order valence-corrected chi connectivity index (χ1v) is 10.4. The average Bonchev–Trinajstić information content (AvgIpc) is 3.02. The topological polar surface area (TPSA) is 103 Å². The predicted octanol–water partition coefficient (Wildman–Crippen LogP) is 3.41. The number of alkyl halides is 3. The van der Waals surface area contributed by atoms with Crippen molar-refractivity contribution in [3.63, 3.8) is 0 Å². The molecule has 1 aliphatic rings. The van der Waals surface area contributed by atoms with Gasteiger partial charge in [-0.1, -0.05) is 23.7 Å². The number of hydrogen-bond donors (Lipinski definition) is 0. The monoisotopic (exact) mass is 498 g/mol. The van der Waals surface area contributed by atoms with Gasteiger partial charge < -0.3 is 9.47 Å². The molecular formula is C22H18ClF3N2O6. The minimum Gasteiger partial charge on any atom is -0.465 e. The number of carbonyl (C=O) groups excluding carboxylic acids is 4. The summed E-state index contributed by atoms with van der Waals surface area (Å²) in [5.74, 6) is -4.22. The van der Waals surface area contributed by atoms with Crippen molar-refractivity contribution in [2.45, 2.75) is 25.4 Å². The molecule has 0 saturated carbocycles. The van der Waals surface area contributed by atoms with E-state index in [0.717, 1.165) is 0 Å². The van der Waals surface area contributed by atoms with Crippen molar-refractivity contribution in [1.29, 1.82) is 0 Å². The Morgan fingerprint density at radius 2 is 1.50 bits per heavy atom. The molecule has 12 heteroatoms. The van der Waals surface area contributed by atoms with Crippen LogP contribution >= 0.6 is 11.6 Å². The van der Waals surface area contributed by atoms with Crippen molar-refractivity contribution in [3.8, 4) is 0 Å². The van der Waals surface area contributed by atoms with E-state index in [4.69, 9.17) is 21.1 Å². The number of aromatic nitrogens is 1. The highest BCUT2D eigenvalue weighted by molar-refractivity contribution is 6.32. The van der Waals surface area contributed by atoms with Gasteiger partial charge in [-0.2, -0.15) is 13.2 Å². The average molecular weight is 499 g/mol. The van der Waals surface area contributed by atoms with Gasteiger partial charge in [-0.25, -0.2) is 0 Å². The van der Waals surface area contributed by atoms with Gasteiger partial charge in [-0.3, -0.25) is 29.1 Å². The molecule has 2 aromatic rings. The minimum atomic E-state index is -4.81. The molecule has 1 aromatic carbocycles. The molecule has 0 radical (unpaired) electrons. The van der Waals surface area contributed by atoms with Gasteiger partial charge in [0.15, 0.2) is 0 Å². The molecule has 0 bridgehead atoms. The molecule has 0 aliphatic carbocycles. The van der Waals surface area contributed by atoms with Crippen LogP contribution in [0, 0.1) is 0 Å². The zero-order valence-corrected chi connectivity index (χ0v) is 18.7. The summed E-state index contributed by atoms with van der Waals surface area (Å²) in [7, 11) is 0. The van der Waals surface area contributed by atoms with Crippen LogP contribution in [0.25, 0.3) is 0 Å². The molecule has 0 atom stereocenters. The van der Waals surface area contributed by atoms with E-state index in [0.29, 0.717) is 17.2 Å². The first kappa shape index (κ1) is 25.2. The summed E-state index contributed by atoms with van der Waals surface area (Å²) in [5.41, 5.74) is -4.46. The van der Waals surface area contributed by atoms with E-state index >= 15 is 0 Å². The smallest absolute Gasteiger partial charge is 0.417 e. The van der Waals surface area contributed by atoms with Crippen LogP contribution < -0.4 is 0 Å². The van der Waals surface area contributed by atoms with Crippen LogP contribution in [0.1, 0.15) is 45.8 Å². The number of pyridine rings is 1. The SMILES string of the molecule is CCOC(=O)C(CN1C(=O)c2ccccc2C1=O)(C(=O)OCC)c1ncc(C(F)(F)F)cc1Cl. The van der Waals surface area contributed by atoms with Crippen LogP contribution in [0.3, 0.4) is 0 Å². The third kappa shape index (κ3) is 4.23. The van der Waals surface area contributed by atoms with E-state index in [9.17, 15) is 32.3 Å². The maximum Gasteiger partial charge on any atom is 0.417 e. The van der Waals surface area contributed by atoms with Crippen LogP contribution in [-0.4, -0.2) is 53.4 Å². The van der Waals surface area contributed by atoms with Crippen molar-refractivity contribution in [3.05, 3.63) is 63.9 Å². The van der Waals surface area contributed by atoms with Gasteiger partial charge in [-0.05, 0) is 32.0 Å². The van der Waals surface area contributed by atoms with E-state index in [-0.39, 0.29) is 24.3 Å². The molecule has 0 unspecified atom stereocenters. The Morgan fingerprint density at radius 3 is 1.91 bits per heavy atom. The number of esters is 2. The third-order valence-electron chi connectivity index (χ3n) is 5.09. The van der Waals surface area contributed by atoms with Gasteiger partial charge in [0.2, 0.25) is 5.41 Å². The Bertz CT molecular complexity index is 1110. The van der Waals surface area contributed by atoms with E-state index < -0.39 is 58.2 Å². The van der Waals surface area contributed by atoms with Crippen molar-refractivity contribution < 1.29 is 41.8 Å². The Balaban J connectivity index is 2.22. The Hall–Kier alpha value is -3.47. The van der Waals surface area contributed by atoms with Crippen molar-refractivity contribution in [2.75, 3.05) is 19.8 Å². The molecule has 2 heterocycles. The largest absolute Gasteiger partial charge is 0.465 e. The number of hydrogen-bond acceptors (Lipinski definition) is 7. The molecule has 0 saturated heterocycles. The summed E-state index contributed by atoms with van der Waals surface area (Å²) in [6.07, 6.45) is -4.43. The zero-order chi connectivity index (χ0) is 25.3. The lowest BCUT2D eigenvalue weighted by Gasteiger charge is -2.32. The number of halogens is 4. The summed E-state index contributed by atoms with van der Waals surface area (Å²) in [6.45, 7) is 1.44. The molecule has 8 nitrogen and oxygen atoms in total. The van der Waals surface area contributed by atoms with Crippen LogP contribution in [0.5, 0.6) is 0 Å². The molecule has 0 fully saturated rings. The summed E-state index contributed by atoms with van der Waals surface area (Å²) in [5, 5.41) is -0.701. The van der Waals surface area contributed by atoms with Crippen LogP contribution in [0.2, 0.25) is 5.02 Å². The molecule has 1 aromatic heterocycles. The van der Waals surface area contributed by atoms with Gasteiger partial charge in [0.05, 0.1) is 47.2 Å². The highest BCUT2D eigenvalue weighted by Gasteiger charge is 2.57. The molecule has 34 heavy (non-hydrogen) atoms. The number of imide groups is 1. The highest BCUT2D eigenvalue weighted by atomic mass is 35.5. The minimum absolute atomic E-state index is 0.0283. The lowest BCUT2D eigenvalue weighted by molar-refractivity contribution is -0.165. The van der Waals surface area contributed by atoms with Crippen molar-refractivity contribution >= 4 is 35.4 Å². The number of nitrogens with zero attached hydrogens (tertiary/aromatic N) is 2. The van der Waals surface area contributed by atoms with Gasteiger partial charge in [0, 0.05) is 6.20 Å². The third-order valence-corrected chi connectivity index (χ3v) is 5.38. The van der Waals surface area contributed by atoms with Crippen LogP contribution in [-0.2, 0) is 30.7 Å². The second-order valence-electron chi connectivity index (χ2n) is 7.14. The molecule has 0 spiro atoms. The Morgan fingerprint density at radius 1 is 1.00 bits per heavy atom. The normalized spacial score (nSPS) is 13.6. The van der Waals surface area contributed by atoms with E-state index in [1.807, 2.05) is 0 Å². The van der Waals surface area contributed by atoms with Gasteiger partial charge >= 0.3 is 18.1 Å². The number of fused-ring (bicyclic) bond motifs is 1. The molecule has 180 valence electrons. The quantitative estimate of drug-likeness (QED) is 0.327. The fourth-order valence-corrected chi connectivity index (χ4v) is 3.84. The first-order valence-electron chi connectivity index (χ1n) is 10.0. The molecule has 2 amide bonds. The summed E-state index contributed by atoms with van der Waals surface area (Å²) in [6, 6.07) is 6.29. The van der Waals surface area contributed by atoms with E-state index in [1.54, 1.807) is 0 Å². The molecular weight excluding hydrogens is 481 g/mol. The second kappa shape index (κ2) is 9.41. The fourth-order valence-electron chi connectivity index (χ4n) is 3.52. The summed E-state index contributed by atoms with van der Waals surface area (Å²) >= 11 is 6.09. The zero-order valence-electron chi connectivity index (χ0n) is 17.9. The van der Waals surface area contributed by atoms with Gasteiger partial charge in [0.25, 0.3) is 11.8 Å². The number of rotatable bonds is 7. The standard InChI is InChI=1S/C22H18ClF3N2O6/c1-3-33-19(31)21(20(32)34-4-2,16-15(23)9-12(10-27-16)22(24,25)26)11-28-17(29)13-7-5-6-8-14(13)18(28)30/h5-10H,3-4,11H2,1-2H3. The van der Waals surface area contributed by atoms with Gasteiger partial charge in [-0.15, -0.1) is 0 Å². The van der Waals surface area contributed by atoms with Crippen molar-refractivity contribution in [1.82, 2.24) is 9.88 Å². The van der Waals surface area contributed by atoms with Gasteiger partial charge in [0.1, 0.15) is 0 Å².